The lowest BCUT2D eigenvalue weighted by atomic mass is 10.2. The third-order valence-corrected chi connectivity index (χ3v) is 6.55. The summed E-state index contributed by atoms with van der Waals surface area (Å²) in [6, 6.07) is 0.641. The molecule has 2 amide bonds. The first-order valence-electron chi connectivity index (χ1n) is 9.97. The summed E-state index contributed by atoms with van der Waals surface area (Å²) in [5.74, 6) is -1.67. The van der Waals surface area contributed by atoms with Gasteiger partial charge in [0.05, 0.1) is 10.0 Å². The van der Waals surface area contributed by atoms with Crippen LogP contribution in [0.1, 0.15) is 38.2 Å². The van der Waals surface area contributed by atoms with Gasteiger partial charge in [0, 0.05) is 18.9 Å². The molecule has 0 saturated heterocycles. The van der Waals surface area contributed by atoms with Crippen LogP contribution in [0.3, 0.4) is 0 Å². The van der Waals surface area contributed by atoms with Crippen LogP contribution in [0.4, 0.5) is 28.0 Å². The molecular weight excluding hydrogens is 555 g/mol. The van der Waals surface area contributed by atoms with Gasteiger partial charge in [-0.05, 0) is 45.9 Å². The predicted octanol–water partition coefficient (Wildman–Crippen LogP) is 5.10. The van der Waals surface area contributed by atoms with Crippen molar-refractivity contribution in [3.8, 4) is 0 Å². The number of aryl methyl sites for hydroxylation is 1. The van der Waals surface area contributed by atoms with E-state index in [1.807, 2.05) is 0 Å². The van der Waals surface area contributed by atoms with Crippen LogP contribution < -0.4 is 10.1 Å². The minimum absolute atomic E-state index is 0.0568. The summed E-state index contributed by atoms with van der Waals surface area (Å²) in [4.78, 5) is 25.9. The second-order valence-electron chi connectivity index (χ2n) is 8.51. The molecule has 0 spiro atoms. The lowest BCUT2D eigenvalue weighted by molar-refractivity contribution is -0.179. The van der Waals surface area contributed by atoms with Gasteiger partial charge < -0.3 is 14.6 Å². The summed E-state index contributed by atoms with van der Waals surface area (Å²) in [6.07, 6.45) is -5.78. The summed E-state index contributed by atoms with van der Waals surface area (Å²) in [7, 11) is -3.69. The van der Waals surface area contributed by atoms with E-state index in [2.05, 4.69) is 5.32 Å². The van der Waals surface area contributed by atoms with Crippen LogP contribution in [0.5, 0.6) is 0 Å². The summed E-state index contributed by atoms with van der Waals surface area (Å²) in [5.41, 5.74) is -1.59. The Balaban J connectivity index is 2.43. The molecule has 9 nitrogen and oxygen atoms in total. The van der Waals surface area contributed by atoms with Gasteiger partial charge in [-0.1, -0.05) is 23.2 Å². The molecule has 2 N–H and O–H groups in total. The average Bonchev–Trinajstić information content (AvgIpc) is 3.01. The van der Waals surface area contributed by atoms with Gasteiger partial charge in [-0.15, -0.1) is 4.83 Å². The maximum Gasteiger partial charge on any atom is 0.426 e. The lowest BCUT2D eigenvalue weighted by Crippen LogP contribution is -2.56. The number of hydrazine groups is 1. The number of amides is 2. The number of hydrogen-bond acceptors (Lipinski definition) is 5. The van der Waals surface area contributed by atoms with Crippen LogP contribution >= 0.6 is 23.2 Å². The molecule has 1 heterocycles. The number of halogens is 6. The molecule has 2 aromatic rings. The Morgan fingerprint density at radius 3 is 2.25 bits per heavy atom. The molecule has 1 unspecified atom stereocenters. The summed E-state index contributed by atoms with van der Waals surface area (Å²) in [5, 5.41) is 1.17. The minimum atomic E-state index is -5.03. The van der Waals surface area contributed by atoms with Gasteiger partial charge in [0.2, 0.25) is 0 Å². The van der Waals surface area contributed by atoms with Crippen molar-refractivity contribution in [2.24, 2.45) is 7.05 Å². The molecular formula is C20H22Cl2F4N4O5S. The molecule has 0 aliphatic rings. The summed E-state index contributed by atoms with van der Waals surface area (Å²) in [6.45, 7) is 4.68. The van der Waals surface area contributed by atoms with E-state index in [0.717, 1.165) is 22.9 Å². The molecule has 16 heteroatoms. The third kappa shape index (κ3) is 7.02. The van der Waals surface area contributed by atoms with E-state index in [4.69, 9.17) is 27.9 Å². The predicted molar refractivity (Wildman–Crippen MR) is 124 cm³/mol. The number of rotatable bonds is 6. The number of benzene rings is 1. The van der Waals surface area contributed by atoms with Crippen molar-refractivity contribution in [1.82, 2.24) is 14.4 Å². The van der Waals surface area contributed by atoms with Gasteiger partial charge in [0.25, 0.3) is 15.9 Å². The van der Waals surface area contributed by atoms with E-state index >= 15 is 0 Å². The SMILES string of the molecule is CC(N(NS(=O)(=O)c1cn(C)c(C(=O)Nc2ccc(F)c(Cl)c2)c1Cl)C(=O)OC(C)(C)C)C(F)(F)F. The topological polar surface area (TPSA) is 110 Å². The molecule has 1 aromatic carbocycles. The zero-order valence-electron chi connectivity index (χ0n) is 19.5. The zero-order chi connectivity index (χ0) is 27.8. The fourth-order valence-corrected chi connectivity index (χ4v) is 4.66. The highest BCUT2D eigenvalue weighted by molar-refractivity contribution is 7.89. The molecule has 0 aliphatic carbocycles. The number of ether oxygens (including phenoxy) is 1. The normalized spacial score (nSPS) is 13.3. The van der Waals surface area contributed by atoms with E-state index in [1.165, 1.54) is 33.9 Å². The van der Waals surface area contributed by atoms with Gasteiger partial charge in [-0.3, -0.25) is 4.79 Å². The lowest BCUT2D eigenvalue weighted by Gasteiger charge is -2.32. The van der Waals surface area contributed by atoms with Gasteiger partial charge in [0.15, 0.2) is 0 Å². The maximum atomic E-state index is 13.4. The Bertz CT molecular complexity index is 1280. The van der Waals surface area contributed by atoms with Crippen LogP contribution in [0.25, 0.3) is 0 Å². The Kier molecular flexibility index (Phi) is 8.61. The number of anilines is 1. The Morgan fingerprint density at radius 1 is 1.17 bits per heavy atom. The smallest absolute Gasteiger partial charge is 0.426 e. The number of hydrogen-bond donors (Lipinski definition) is 2. The summed E-state index contributed by atoms with van der Waals surface area (Å²) >= 11 is 11.8. The highest BCUT2D eigenvalue weighted by atomic mass is 35.5. The van der Waals surface area contributed by atoms with Gasteiger partial charge in [-0.25, -0.2) is 22.6 Å². The molecule has 0 fully saturated rings. The molecule has 1 aromatic heterocycles. The minimum Gasteiger partial charge on any atom is -0.443 e. The number of aromatic nitrogens is 1. The first-order valence-corrected chi connectivity index (χ1v) is 12.2. The standard InChI is InChI=1S/C20H22Cl2F4N4O5S/c1-10(20(24,25)26)30(18(32)35-19(2,3)4)28-36(33,34)14-9-29(5)16(15(14)22)17(31)27-11-6-7-13(23)12(21)8-11/h6-10,28H,1-5H3,(H,27,31). The van der Waals surface area contributed by atoms with Crippen molar-refractivity contribution >= 4 is 50.9 Å². The van der Waals surface area contributed by atoms with E-state index in [0.29, 0.717) is 6.92 Å². The fraction of sp³-hybridized carbons (Fsp3) is 0.400. The van der Waals surface area contributed by atoms with Crippen molar-refractivity contribution in [2.75, 3.05) is 5.32 Å². The van der Waals surface area contributed by atoms with Crippen molar-refractivity contribution < 1.29 is 40.3 Å². The molecule has 36 heavy (non-hydrogen) atoms. The third-order valence-electron chi connectivity index (χ3n) is 4.44. The van der Waals surface area contributed by atoms with Gasteiger partial charge in [-0.2, -0.15) is 13.2 Å². The monoisotopic (exact) mass is 576 g/mol. The Morgan fingerprint density at radius 2 is 1.75 bits per heavy atom. The quantitative estimate of drug-likeness (QED) is 0.367. The van der Waals surface area contributed by atoms with Crippen molar-refractivity contribution in [3.05, 3.63) is 46.0 Å². The highest BCUT2D eigenvalue weighted by Crippen LogP contribution is 2.30. The number of nitrogens with zero attached hydrogens (tertiary/aromatic N) is 2. The molecule has 0 radical (unpaired) electrons. The molecule has 200 valence electrons. The number of sulfonamides is 1. The maximum absolute atomic E-state index is 13.4. The Labute approximate surface area is 214 Å². The van der Waals surface area contributed by atoms with Crippen LogP contribution in [0, 0.1) is 5.82 Å². The Hall–Kier alpha value is -2.55. The largest absolute Gasteiger partial charge is 0.443 e. The highest BCUT2D eigenvalue weighted by Gasteiger charge is 2.46. The first-order chi connectivity index (χ1) is 16.2. The van der Waals surface area contributed by atoms with Crippen LogP contribution in [-0.2, 0) is 21.8 Å². The van der Waals surface area contributed by atoms with E-state index in [-0.39, 0.29) is 15.7 Å². The number of carbonyl (C=O) groups is 2. The van der Waals surface area contributed by atoms with E-state index in [1.54, 1.807) is 4.83 Å². The summed E-state index contributed by atoms with van der Waals surface area (Å²) < 4.78 is 85.4. The van der Waals surface area contributed by atoms with Crippen LogP contribution in [0.2, 0.25) is 10.0 Å². The van der Waals surface area contributed by atoms with Crippen LogP contribution in [-0.4, -0.2) is 47.8 Å². The molecule has 1 atom stereocenters. The van der Waals surface area contributed by atoms with Gasteiger partial charge in [0.1, 0.15) is 28.0 Å². The zero-order valence-corrected chi connectivity index (χ0v) is 21.8. The van der Waals surface area contributed by atoms with Crippen molar-refractivity contribution in [2.45, 2.75) is 50.4 Å². The first kappa shape index (κ1) is 29.7. The van der Waals surface area contributed by atoms with Crippen LogP contribution in [0.15, 0.2) is 29.3 Å². The molecule has 2 rings (SSSR count). The molecule has 0 bridgehead atoms. The molecule has 0 aliphatic heterocycles. The van der Waals surface area contributed by atoms with E-state index in [9.17, 15) is 35.6 Å². The number of nitrogens with one attached hydrogen (secondary N) is 2. The second-order valence-corrected chi connectivity index (χ2v) is 10.9. The number of carbonyl (C=O) groups excluding carboxylic acids is 2. The average molecular weight is 577 g/mol. The van der Waals surface area contributed by atoms with Crippen molar-refractivity contribution in [1.29, 1.82) is 0 Å². The van der Waals surface area contributed by atoms with E-state index < -0.39 is 61.3 Å². The van der Waals surface area contributed by atoms with Gasteiger partial charge >= 0.3 is 12.3 Å². The second kappa shape index (κ2) is 10.4. The fourth-order valence-electron chi connectivity index (χ4n) is 2.69. The molecule has 0 saturated carbocycles. The van der Waals surface area contributed by atoms with Crippen molar-refractivity contribution in [3.63, 3.8) is 0 Å². The number of alkyl halides is 3.